The lowest BCUT2D eigenvalue weighted by Gasteiger charge is -2.27. The quantitative estimate of drug-likeness (QED) is 0.834. The summed E-state index contributed by atoms with van der Waals surface area (Å²) in [4.78, 5) is 0.461. The number of hydrogen-bond acceptors (Lipinski definition) is 3. The molecule has 0 aromatic heterocycles. The molecule has 21 heavy (non-hydrogen) atoms. The molecule has 0 spiro atoms. The van der Waals surface area contributed by atoms with Gasteiger partial charge in [-0.2, -0.15) is 0 Å². The van der Waals surface area contributed by atoms with Gasteiger partial charge in [0.2, 0.25) is 10.0 Å². The minimum absolute atomic E-state index is 0.0121. The predicted octanol–water partition coefficient (Wildman–Crippen LogP) is 2.49. The first-order valence-corrected chi connectivity index (χ1v) is 8.95. The highest BCUT2D eigenvalue weighted by Crippen LogP contribution is 2.38. The molecule has 0 amide bonds. The summed E-state index contributed by atoms with van der Waals surface area (Å²) in [5, 5.41) is 0. The van der Waals surface area contributed by atoms with Crippen LogP contribution in [-0.4, -0.2) is 19.4 Å². The SMILES string of the molecule is Cc1ccc(C(N)=S)cc1S(=O)(=O)NC1CCCC1(C)C. The molecule has 0 radical (unpaired) electrons. The van der Waals surface area contributed by atoms with Crippen molar-refractivity contribution in [2.75, 3.05) is 0 Å². The maximum atomic E-state index is 12.7. The van der Waals surface area contributed by atoms with Crippen LogP contribution in [0.25, 0.3) is 0 Å². The minimum Gasteiger partial charge on any atom is -0.389 e. The first-order chi connectivity index (χ1) is 9.63. The summed E-state index contributed by atoms with van der Waals surface area (Å²) in [6.45, 7) is 5.98. The van der Waals surface area contributed by atoms with Gasteiger partial charge in [-0.1, -0.05) is 44.6 Å². The fourth-order valence-corrected chi connectivity index (χ4v) is 4.68. The van der Waals surface area contributed by atoms with E-state index in [4.69, 9.17) is 18.0 Å². The molecular weight excluding hydrogens is 304 g/mol. The zero-order valence-electron chi connectivity index (χ0n) is 12.6. The van der Waals surface area contributed by atoms with E-state index in [0.717, 1.165) is 19.3 Å². The zero-order chi connectivity index (χ0) is 15.8. The Hall–Kier alpha value is -0.980. The van der Waals surface area contributed by atoms with Crippen molar-refractivity contribution >= 4 is 27.2 Å². The number of nitrogens with one attached hydrogen (secondary N) is 1. The average Bonchev–Trinajstić information content (AvgIpc) is 2.68. The molecule has 1 aliphatic rings. The molecule has 1 saturated carbocycles. The zero-order valence-corrected chi connectivity index (χ0v) is 14.3. The van der Waals surface area contributed by atoms with Crippen LogP contribution in [0.2, 0.25) is 0 Å². The minimum atomic E-state index is -3.57. The number of hydrogen-bond donors (Lipinski definition) is 2. The van der Waals surface area contributed by atoms with Crippen molar-refractivity contribution in [3.63, 3.8) is 0 Å². The third-order valence-corrected chi connectivity index (χ3v) is 6.17. The Labute approximate surface area is 132 Å². The topological polar surface area (TPSA) is 72.2 Å². The molecule has 0 saturated heterocycles. The van der Waals surface area contributed by atoms with Gasteiger partial charge in [-0.05, 0) is 36.8 Å². The highest BCUT2D eigenvalue weighted by Gasteiger charge is 2.37. The summed E-state index contributed by atoms with van der Waals surface area (Å²) in [5.74, 6) is 0. The Morgan fingerprint density at radius 3 is 2.62 bits per heavy atom. The van der Waals surface area contributed by atoms with Gasteiger partial charge >= 0.3 is 0 Å². The Morgan fingerprint density at radius 2 is 2.10 bits per heavy atom. The fraction of sp³-hybridized carbons (Fsp3) is 0.533. The fourth-order valence-electron chi connectivity index (χ4n) is 2.84. The number of sulfonamides is 1. The van der Waals surface area contributed by atoms with E-state index in [2.05, 4.69) is 18.6 Å². The van der Waals surface area contributed by atoms with Crippen molar-refractivity contribution < 1.29 is 8.42 Å². The normalized spacial score (nSPS) is 21.4. The van der Waals surface area contributed by atoms with E-state index in [9.17, 15) is 8.42 Å². The molecule has 116 valence electrons. The summed E-state index contributed by atoms with van der Waals surface area (Å²) in [5.41, 5.74) is 6.85. The van der Waals surface area contributed by atoms with Crippen LogP contribution < -0.4 is 10.5 Å². The maximum Gasteiger partial charge on any atom is 0.241 e. The van der Waals surface area contributed by atoms with Gasteiger partial charge in [0.05, 0.1) is 4.90 Å². The summed E-state index contributed by atoms with van der Waals surface area (Å²) < 4.78 is 28.2. The maximum absolute atomic E-state index is 12.7. The van der Waals surface area contributed by atoms with Gasteiger partial charge in [-0.25, -0.2) is 13.1 Å². The number of rotatable bonds is 4. The van der Waals surface area contributed by atoms with E-state index in [1.54, 1.807) is 25.1 Å². The van der Waals surface area contributed by atoms with Crippen LogP contribution in [0.15, 0.2) is 23.1 Å². The third kappa shape index (κ3) is 3.44. The van der Waals surface area contributed by atoms with E-state index in [1.807, 2.05) is 0 Å². The summed E-state index contributed by atoms with van der Waals surface area (Å²) in [6.07, 6.45) is 2.96. The van der Waals surface area contributed by atoms with Crippen LogP contribution in [0.4, 0.5) is 0 Å². The predicted molar refractivity (Wildman–Crippen MR) is 88.8 cm³/mol. The molecular formula is C15H22N2O2S2. The second kappa shape index (κ2) is 5.66. The number of benzene rings is 1. The standard InChI is InChI=1S/C15H22N2O2S2/c1-10-6-7-11(14(16)20)9-12(10)21(18,19)17-13-5-4-8-15(13,2)3/h6-7,9,13,17H,4-5,8H2,1-3H3,(H2,16,20). The van der Waals surface area contributed by atoms with Gasteiger partial charge in [-0.3, -0.25) is 0 Å². The second-order valence-electron chi connectivity index (χ2n) is 6.40. The molecule has 1 aromatic carbocycles. The number of thiocarbonyl (C=S) groups is 1. The Balaban J connectivity index is 2.36. The lowest BCUT2D eigenvalue weighted by molar-refractivity contribution is 0.313. The van der Waals surface area contributed by atoms with Crippen molar-refractivity contribution in [1.29, 1.82) is 0 Å². The molecule has 6 heteroatoms. The van der Waals surface area contributed by atoms with E-state index >= 15 is 0 Å². The van der Waals surface area contributed by atoms with Crippen LogP contribution >= 0.6 is 12.2 Å². The van der Waals surface area contributed by atoms with Crippen LogP contribution in [0.1, 0.15) is 44.2 Å². The smallest absolute Gasteiger partial charge is 0.241 e. The molecule has 1 aliphatic carbocycles. The van der Waals surface area contributed by atoms with E-state index in [0.29, 0.717) is 11.1 Å². The molecule has 1 aromatic rings. The van der Waals surface area contributed by atoms with Crippen molar-refractivity contribution in [3.8, 4) is 0 Å². The van der Waals surface area contributed by atoms with E-state index in [-0.39, 0.29) is 21.3 Å². The van der Waals surface area contributed by atoms with Crippen molar-refractivity contribution in [2.24, 2.45) is 11.1 Å². The van der Waals surface area contributed by atoms with Gasteiger partial charge < -0.3 is 5.73 Å². The van der Waals surface area contributed by atoms with Crippen LogP contribution in [0.3, 0.4) is 0 Å². The molecule has 0 bridgehead atoms. The first kappa shape index (κ1) is 16.4. The highest BCUT2D eigenvalue weighted by molar-refractivity contribution is 7.89. The molecule has 2 rings (SSSR count). The van der Waals surface area contributed by atoms with Gasteiger partial charge in [0.1, 0.15) is 4.99 Å². The monoisotopic (exact) mass is 326 g/mol. The van der Waals surface area contributed by atoms with Gasteiger partial charge in [-0.15, -0.1) is 0 Å². The summed E-state index contributed by atoms with van der Waals surface area (Å²) >= 11 is 4.93. The van der Waals surface area contributed by atoms with Gasteiger partial charge in [0, 0.05) is 11.6 Å². The highest BCUT2D eigenvalue weighted by atomic mass is 32.2. The van der Waals surface area contributed by atoms with E-state index < -0.39 is 10.0 Å². The number of nitrogens with two attached hydrogens (primary N) is 1. The summed E-state index contributed by atoms with van der Waals surface area (Å²) in [6, 6.07) is 5.01. The van der Waals surface area contributed by atoms with Gasteiger partial charge in [0.15, 0.2) is 0 Å². The molecule has 4 nitrogen and oxygen atoms in total. The van der Waals surface area contributed by atoms with Gasteiger partial charge in [0.25, 0.3) is 0 Å². The largest absolute Gasteiger partial charge is 0.389 e. The van der Waals surface area contributed by atoms with Crippen molar-refractivity contribution in [1.82, 2.24) is 4.72 Å². The molecule has 0 aliphatic heterocycles. The third-order valence-electron chi connectivity index (χ3n) is 4.32. The van der Waals surface area contributed by atoms with Crippen molar-refractivity contribution in [2.45, 2.75) is 51.0 Å². The van der Waals surface area contributed by atoms with Crippen LogP contribution in [-0.2, 0) is 10.0 Å². The lowest BCUT2D eigenvalue weighted by Crippen LogP contribution is -2.41. The molecule has 3 N–H and O–H groups in total. The molecule has 0 heterocycles. The Bertz CT molecular complexity index is 666. The second-order valence-corrected chi connectivity index (χ2v) is 8.52. The molecule has 1 fully saturated rings. The molecule has 1 atom stereocenters. The Kier molecular flexibility index (Phi) is 4.42. The number of aryl methyl sites for hydroxylation is 1. The Morgan fingerprint density at radius 1 is 1.43 bits per heavy atom. The lowest BCUT2D eigenvalue weighted by atomic mass is 9.88. The van der Waals surface area contributed by atoms with Crippen LogP contribution in [0.5, 0.6) is 0 Å². The average molecular weight is 326 g/mol. The molecule has 1 unspecified atom stereocenters. The van der Waals surface area contributed by atoms with E-state index in [1.165, 1.54) is 0 Å². The first-order valence-electron chi connectivity index (χ1n) is 7.06. The summed E-state index contributed by atoms with van der Waals surface area (Å²) in [7, 11) is -3.57. The van der Waals surface area contributed by atoms with Crippen molar-refractivity contribution in [3.05, 3.63) is 29.3 Å². The van der Waals surface area contributed by atoms with Crippen LogP contribution in [0, 0.1) is 12.3 Å².